The molecule has 1 aliphatic carbocycles. The number of methoxy groups -OCH3 is 1. The van der Waals surface area contributed by atoms with E-state index in [1.165, 1.54) is 13.5 Å². The first-order valence-corrected chi connectivity index (χ1v) is 3.65. The zero-order valence-electron chi connectivity index (χ0n) is 5.96. The molecule has 0 bridgehead atoms. The van der Waals surface area contributed by atoms with Crippen LogP contribution in [0.25, 0.3) is 0 Å². The number of rotatable bonds is 1. The van der Waals surface area contributed by atoms with E-state index in [-0.39, 0.29) is 12.0 Å². The smallest absolute Gasteiger partial charge is 0.322 e. The Morgan fingerprint density at radius 2 is 2.40 bits per heavy atom. The number of ether oxygens (including phenoxy) is 1. The summed E-state index contributed by atoms with van der Waals surface area (Å²) in [6, 6.07) is 0.623. The Morgan fingerprint density at radius 3 is 2.90 bits per heavy atom. The highest BCUT2D eigenvalue weighted by Crippen LogP contribution is 2.40. The maximum atomic E-state index is 10.9. The number of nitrogens with one attached hydrogen (secondary N) is 1. The molecule has 0 aromatic heterocycles. The summed E-state index contributed by atoms with van der Waals surface area (Å²) in [4.78, 5) is 10.9. The SMILES string of the molecule is COC(=O)[C@@H]1C[C@H]2C[C@H]2N1. The first kappa shape index (κ1) is 6.16. The highest BCUT2D eigenvalue weighted by Gasteiger charge is 2.48. The van der Waals surface area contributed by atoms with Gasteiger partial charge in [-0.15, -0.1) is 0 Å². The maximum Gasteiger partial charge on any atom is 0.322 e. The molecule has 2 aliphatic rings. The van der Waals surface area contributed by atoms with E-state index in [2.05, 4.69) is 10.1 Å². The van der Waals surface area contributed by atoms with E-state index in [4.69, 9.17) is 0 Å². The minimum atomic E-state index is -0.104. The summed E-state index contributed by atoms with van der Waals surface area (Å²) in [5.41, 5.74) is 0. The number of fused-ring (bicyclic) bond motifs is 1. The Hall–Kier alpha value is -0.570. The van der Waals surface area contributed by atoms with E-state index >= 15 is 0 Å². The summed E-state index contributed by atoms with van der Waals surface area (Å²) in [6.45, 7) is 0. The molecular weight excluding hydrogens is 130 g/mol. The molecule has 0 aromatic rings. The second-order valence-corrected chi connectivity index (χ2v) is 3.08. The molecule has 3 atom stereocenters. The van der Waals surface area contributed by atoms with E-state index in [9.17, 15) is 4.79 Å². The van der Waals surface area contributed by atoms with E-state index < -0.39 is 0 Å². The lowest BCUT2D eigenvalue weighted by molar-refractivity contribution is -0.142. The fourth-order valence-corrected chi connectivity index (χ4v) is 1.65. The normalized spacial score (nSPS) is 42.7. The van der Waals surface area contributed by atoms with Gasteiger partial charge in [-0.05, 0) is 18.8 Å². The lowest BCUT2D eigenvalue weighted by Gasteiger charge is -2.08. The Labute approximate surface area is 59.7 Å². The van der Waals surface area contributed by atoms with Crippen molar-refractivity contribution in [3.8, 4) is 0 Å². The van der Waals surface area contributed by atoms with Crippen LogP contribution >= 0.6 is 0 Å². The highest BCUT2D eigenvalue weighted by molar-refractivity contribution is 5.76. The van der Waals surface area contributed by atoms with Gasteiger partial charge in [0, 0.05) is 6.04 Å². The monoisotopic (exact) mass is 141 g/mol. The second-order valence-electron chi connectivity index (χ2n) is 3.08. The Morgan fingerprint density at radius 1 is 1.60 bits per heavy atom. The van der Waals surface area contributed by atoms with E-state index in [1.54, 1.807) is 0 Å². The quantitative estimate of drug-likeness (QED) is 0.519. The minimum absolute atomic E-state index is 0.00579. The van der Waals surface area contributed by atoms with Crippen molar-refractivity contribution in [2.24, 2.45) is 5.92 Å². The summed E-state index contributed by atoms with van der Waals surface area (Å²) in [7, 11) is 1.44. The summed E-state index contributed by atoms with van der Waals surface area (Å²) in [5, 5.41) is 3.20. The average molecular weight is 141 g/mol. The van der Waals surface area contributed by atoms with Gasteiger partial charge in [0.1, 0.15) is 6.04 Å². The lowest BCUT2D eigenvalue weighted by Crippen LogP contribution is -2.34. The van der Waals surface area contributed by atoms with Crippen LogP contribution in [0.4, 0.5) is 0 Å². The van der Waals surface area contributed by atoms with Crippen LogP contribution < -0.4 is 5.32 Å². The molecule has 0 unspecified atom stereocenters. The van der Waals surface area contributed by atoms with Gasteiger partial charge < -0.3 is 10.1 Å². The van der Waals surface area contributed by atoms with Crippen molar-refractivity contribution in [1.29, 1.82) is 0 Å². The molecule has 2 rings (SSSR count). The van der Waals surface area contributed by atoms with Gasteiger partial charge in [0.2, 0.25) is 0 Å². The summed E-state index contributed by atoms with van der Waals surface area (Å²) < 4.78 is 4.60. The number of hydrogen-bond donors (Lipinski definition) is 1. The van der Waals surface area contributed by atoms with Crippen LogP contribution in [0.3, 0.4) is 0 Å². The van der Waals surface area contributed by atoms with E-state index in [0.717, 1.165) is 12.3 Å². The summed E-state index contributed by atoms with van der Waals surface area (Å²) >= 11 is 0. The molecule has 1 saturated carbocycles. The Balaban J connectivity index is 1.90. The van der Waals surface area contributed by atoms with Crippen molar-refractivity contribution < 1.29 is 9.53 Å². The highest BCUT2D eigenvalue weighted by atomic mass is 16.5. The Bertz CT molecular complexity index is 159. The number of carbonyl (C=O) groups excluding carboxylic acids is 1. The number of esters is 1. The van der Waals surface area contributed by atoms with Gasteiger partial charge in [0.05, 0.1) is 7.11 Å². The predicted molar refractivity (Wildman–Crippen MR) is 35.5 cm³/mol. The molecule has 1 heterocycles. The maximum absolute atomic E-state index is 10.9. The van der Waals surface area contributed by atoms with Gasteiger partial charge in [-0.25, -0.2) is 0 Å². The van der Waals surface area contributed by atoms with Gasteiger partial charge in [0.15, 0.2) is 0 Å². The molecule has 3 heteroatoms. The van der Waals surface area contributed by atoms with Crippen LogP contribution in [0.15, 0.2) is 0 Å². The molecule has 3 nitrogen and oxygen atoms in total. The van der Waals surface area contributed by atoms with Gasteiger partial charge in [-0.1, -0.05) is 0 Å². The molecule has 0 spiro atoms. The predicted octanol–water partition coefficient (Wildman–Crippen LogP) is -0.0902. The van der Waals surface area contributed by atoms with Gasteiger partial charge in [-0.2, -0.15) is 0 Å². The van der Waals surface area contributed by atoms with Crippen LogP contribution in [0, 0.1) is 5.92 Å². The van der Waals surface area contributed by atoms with Crippen LogP contribution in [-0.4, -0.2) is 25.2 Å². The third-order valence-electron chi connectivity index (χ3n) is 2.36. The summed E-state index contributed by atoms with van der Waals surface area (Å²) in [6.07, 6.45) is 2.24. The van der Waals surface area contributed by atoms with Crippen LogP contribution in [0.2, 0.25) is 0 Å². The molecular formula is C7H11NO2. The molecule has 10 heavy (non-hydrogen) atoms. The standard InChI is InChI=1S/C7H11NO2/c1-10-7(9)6-3-4-2-5(4)8-6/h4-6,8H,2-3H2,1H3/t4-,5-,6+/m1/s1. The average Bonchev–Trinajstić information content (AvgIpc) is 2.57. The molecule has 1 saturated heterocycles. The van der Waals surface area contributed by atoms with Crippen molar-refractivity contribution in [1.82, 2.24) is 5.32 Å². The zero-order valence-corrected chi connectivity index (χ0v) is 5.96. The van der Waals surface area contributed by atoms with Gasteiger partial charge in [0.25, 0.3) is 0 Å². The van der Waals surface area contributed by atoms with Gasteiger partial charge >= 0.3 is 5.97 Å². The Kier molecular flexibility index (Phi) is 1.20. The molecule has 0 aromatic carbocycles. The second kappa shape index (κ2) is 1.95. The number of carbonyl (C=O) groups is 1. The first-order chi connectivity index (χ1) is 4.81. The van der Waals surface area contributed by atoms with Crippen LogP contribution in [0.5, 0.6) is 0 Å². The molecule has 1 N–H and O–H groups in total. The zero-order chi connectivity index (χ0) is 7.14. The van der Waals surface area contributed by atoms with Crippen LogP contribution in [0.1, 0.15) is 12.8 Å². The molecule has 0 radical (unpaired) electrons. The van der Waals surface area contributed by atoms with E-state index in [1.807, 2.05) is 0 Å². The molecule has 0 amide bonds. The molecule has 2 fully saturated rings. The van der Waals surface area contributed by atoms with Gasteiger partial charge in [-0.3, -0.25) is 4.79 Å². The van der Waals surface area contributed by atoms with Crippen molar-refractivity contribution in [3.05, 3.63) is 0 Å². The third-order valence-corrected chi connectivity index (χ3v) is 2.36. The summed E-state index contributed by atoms with van der Waals surface area (Å²) in [5.74, 6) is 0.663. The molecule has 1 aliphatic heterocycles. The van der Waals surface area contributed by atoms with Crippen molar-refractivity contribution >= 4 is 5.97 Å². The van der Waals surface area contributed by atoms with Crippen LogP contribution in [-0.2, 0) is 9.53 Å². The fourth-order valence-electron chi connectivity index (χ4n) is 1.65. The van der Waals surface area contributed by atoms with Crippen molar-refractivity contribution in [2.75, 3.05) is 7.11 Å². The lowest BCUT2D eigenvalue weighted by atomic mass is 10.2. The first-order valence-electron chi connectivity index (χ1n) is 3.65. The topological polar surface area (TPSA) is 38.3 Å². The number of hydrogen-bond acceptors (Lipinski definition) is 3. The third kappa shape index (κ3) is 0.814. The van der Waals surface area contributed by atoms with E-state index in [0.29, 0.717) is 6.04 Å². The molecule has 56 valence electrons. The number of piperidine rings is 1. The minimum Gasteiger partial charge on any atom is -0.468 e. The van der Waals surface area contributed by atoms with Crippen molar-refractivity contribution in [2.45, 2.75) is 24.9 Å². The fraction of sp³-hybridized carbons (Fsp3) is 0.857. The largest absolute Gasteiger partial charge is 0.468 e. The van der Waals surface area contributed by atoms with Crippen molar-refractivity contribution in [3.63, 3.8) is 0 Å².